The van der Waals surface area contributed by atoms with E-state index < -0.39 is 21.8 Å². The Hall–Kier alpha value is -2.89. The summed E-state index contributed by atoms with van der Waals surface area (Å²) in [5.74, 6) is 0.284. The molecule has 1 aliphatic heterocycles. The Balaban J connectivity index is 0.00000342. The molecule has 3 heterocycles. The normalized spacial score (nSPS) is 16.5. The molecule has 12 heteroatoms. The second-order valence-electron chi connectivity index (χ2n) is 8.15. The van der Waals surface area contributed by atoms with Gasteiger partial charge in [0.15, 0.2) is 5.03 Å². The predicted octanol–water partition coefficient (Wildman–Crippen LogP) is 4.49. The number of aromatic nitrogens is 2. The smallest absolute Gasteiger partial charge is 0.354 e. The van der Waals surface area contributed by atoms with E-state index in [9.17, 15) is 21.6 Å². The largest absolute Gasteiger partial charge is 0.418 e. The van der Waals surface area contributed by atoms with Crippen LogP contribution in [0.1, 0.15) is 18.1 Å². The van der Waals surface area contributed by atoms with E-state index >= 15 is 0 Å². The Morgan fingerprint density at radius 2 is 1.80 bits per heavy atom. The highest BCUT2D eigenvalue weighted by Gasteiger charge is 2.35. The quantitative estimate of drug-likeness (QED) is 0.508. The van der Waals surface area contributed by atoms with Crippen molar-refractivity contribution < 1.29 is 21.6 Å². The molecule has 0 bridgehead atoms. The van der Waals surface area contributed by atoms with Crippen LogP contribution in [0, 0.1) is 6.92 Å². The van der Waals surface area contributed by atoms with Crippen molar-refractivity contribution in [3.63, 3.8) is 0 Å². The van der Waals surface area contributed by atoms with Crippen LogP contribution in [-0.2, 0) is 16.2 Å². The molecule has 1 aliphatic rings. The van der Waals surface area contributed by atoms with Crippen LogP contribution >= 0.6 is 12.4 Å². The van der Waals surface area contributed by atoms with Crippen LogP contribution in [0.2, 0.25) is 0 Å². The standard InChI is InChI=1S/C23H24F3N5O2S.ClH/c1-15-6-3-4-7-17(15)22-18(23(24,25)26)10-11-19(28-22)30-34(32,33)21-9-5-8-20(29-21)31-13-12-27-16(2)14-31;/h3-11,16,27H,12-14H2,1-2H3,(H,28,30);1H. The highest BCUT2D eigenvalue weighted by atomic mass is 35.5. The van der Waals surface area contributed by atoms with Crippen LogP contribution in [0.3, 0.4) is 0 Å². The first-order chi connectivity index (χ1) is 16.0. The summed E-state index contributed by atoms with van der Waals surface area (Å²) in [5.41, 5.74) is -0.441. The van der Waals surface area contributed by atoms with Gasteiger partial charge in [-0.2, -0.15) is 21.6 Å². The fourth-order valence-electron chi connectivity index (χ4n) is 3.85. The van der Waals surface area contributed by atoms with Crippen molar-refractivity contribution in [2.75, 3.05) is 29.3 Å². The minimum atomic E-state index is -4.65. The van der Waals surface area contributed by atoms with Crippen molar-refractivity contribution in [3.05, 3.63) is 65.7 Å². The van der Waals surface area contributed by atoms with Crippen LogP contribution in [0.25, 0.3) is 11.3 Å². The average Bonchev–Trinajstić information content (AvgIpc) is 2.78. The van der Waals surface area contributed by atoms with Crippen molar-refractivity contribution in [3.8, 4) is 11.3 Å². The van der Waals surface area contributed by atoms with Gasteiger partial charge >= 0.3 is 6.18 Å². The summed E-state index contributed by atoms with van der Waals surface area (Å²) in [5, 5.41) is 3.07. The van der Waals surface area contributed by atoms with Crippen LogP contribution in [0.4, 0.5) is 24.8 Å². The number of alkyl halides is 3. The molecule has 2 aromatic heterocycles. The van der Waals surface area contributed by atoms with Gasteiger partial charge in [-0.05, 0) is 43.7 Å². The number of halogens is 4. The maximum atomic E-state index is 13.7. The number of benzene rings is 1. The monoisotopic (exact) mass is 527 g/mol. The summed E-state index contributed by atoms with van der Waals surface area (Å²) in [4.78, 5) is 10.3. The van der Waals surface area contributed by atoms with Crippen LogP contribution in [0.5, 0.6) is 0 Å². The molecule has 4 rings (SSSR count). The molecule has 2 N–H and O–H groups in total. The molecule has 0 spiro atoms. The van der Waals surface area contributed by atoms with E-state index in [2.05, 4.69) is 20.0 Å². The molecule has 188 valence electrons. The zero-order valence-electron chi connectivity index (χ0n) is 19.0. The molecule has 0 amide bonds. The van der Waals surface area contributed by atoms with Crippen LogP contribution in [0.15, 0.2) is 59.6 Å². The Morgan fingerprint density at radius 1 is 1.06 bits per heavy atom. The number of nitrogens with one attached hydrogen (secondary N) is 2. The summed E-state index contributed by atoms with van der Waals surface area (Å²) in [6, 6.07) is 13.2. The van der Waals surface area contributed by atoms with Gasteiger partial charge in [0.2, 0.25) is 0 Å². The van der Waals surface area contributed by atoms with Crippen molar-refractivity contribution in [1.29, 1.82) is 0 Å². The van der Waals surface area contributed by atoms with Gasteiger partial charge in [-0.15, -0.1) is 12.4 Å². The van der Waals surface area contributed by atoms with Gasteiger partial charge in [-0.1, -0.05) is 30.3 Å². The zero-order valence-corrected chi connectivity index (χ0v) is 20.6. The fraction of sp³-hybridized carbons (Fsp3) is 0.304. The molecule has 1 aromatic carbocycles. The minimum Gasteiger partial charge on any atom is -0.354 e. The maximum Gasteiger partial charge on any atom is 0.418 e. The first kappa shape index (κ1) is 26.7. The number of anilines is 2. The van der Waals surface area contributed by atoms with Gasteiger partial charge in [-0.3, -0.25) is 4.72 Å². The molecule has 1 saturated heterocycles. The van der Waals surface area contributed by atoms with Gasteiger partial charge in [0.05, 0.1) is 11.3 Å². The number of hydrogen-bond donors (Lipinski definition) is 2. The molecule has 1 atom stereocenters. The van der Waals surface area contributed by atoms with Gasteiger partial charge in [0.1, 0.15) is 11.6 Å². The van der Waals surface area contributed by atoms with Crippen LogP contribution in [-0.4, -0.2) is 44.1 Å². The summed E-state index contributed by atoms with van der Waals surface area (Å²) >= 11 is 0. The molecule has 0 radical (unpaired) electrons. The topological polar surface area (TPSA) is 87.2 Å². The third kappa shape index (κ3) is 6.03. The second kappa shape index (κ2) is 10.4. The molecule has 7 nitrogen and oxygen atoms in total. The second-order valence-corrected chi connectivity index (χ2v) is 9.78. The predicted molar refractivity (Wildman–Crippen MR) is 131 cm³/mol. The summed E-state index contributed by atoms with van der Waals surface area (Å²) < 4.78 is 69.3. The van der Waals surface area contributed by atoms with Gasteiger partial charge in [0, 0.05) is 31.2 Å². The van der Waals surface area contributed by atoms with Crippen molar-refractivity contribution in [2.45, 2.75) is 31.1 Å². The average molecular weight is 528 g/mol. The van der Waals surface area contributed by atoms with E-state index in [1.807, 2.05) is 11.8 Å². The minimum absolute atomic E-state index is 0. The van der Waals surface area contributed by atoms with Crippen molar-refractivity contribution in [2.24, 2.45) is 0 Å². The van der Waals surface area contributed by atoms with Crippen LogP contribution < -0.4 is 14.9 Å². The molecule has 0 aliphatic carbocycles. The maximum absolute atomic E-state index is 13.7. The molecular formula is C23H25ClF3N5O2S. The fourth-order valence-corrected chi connectivity index (χ4v) is 4.81. The third-order valence-corrected chi connectivity index (χ3v) is 6.77. The van der Waals surface area contributed by atoms with E-state index in [1.165, 1.54) is 12.1 Å². The molecule has 35 heavy (non-hydrogen) atoms. The number of aryl methyl sites for hydroxylation is 1. The number of piperazine rings is 1. The SMILES string of the molecule is Cc1ccccc1-c1nc(NS(=O)(=O)c2cccc(N3CCNC(C)C3)n2)ccc1C(F)(F)F.Cl. The Morgan fingerprint density at radius 3 is 2.49 bits per heavy atom. The first-order valence-corrected chi connectivity index (χ1v) is 12.2. The summed E-state index contributed by atoms with van der Waals surface area (Å²) in [7, 11) is -4.19. The van der Waals surface area contributed by atoms with Gasteiger partial charge in [-0.25, -0.2) is 9.97 Å². The first-order valence-electron chi connectivity index (χ1n) is 10.7. The molecule has 3 aromatic rings. The van der Waals surface area contributed by atoms with E-state index in [0.29, 0.717) is 24.5 Å². The Bertz CT molecular complexity index is 1300. The molecule has 1 unspecified atom stereocenters. The lowest BCUT2D eigenvalue weighted by atomic mass is 10.0. The van der Waals surface area contributed by atoms with Crippen molar-refractivity contribution >= 4 is 34.1 Å². The van der Waals surface area contributed by atoms with E-state index in [1.54, 1.807) is 37.3 Å². The Kier molecular flexibility index (Phi) is 7.93. The summed E-state index contributed by atoms with van der Waals surface area (Å²) in [6.07, 6.45) is -4.65. The lowest BCUT2D eigenvalue weighted by Gasteiger charge is -2.32. The molecule has 0 saturated carbocycles. The van der Waals surface area contributed by atoms with E-state index in [-0.39, 0.29) is 40.6 Å². The number of rotatable bonds is 5. The van der Waals surface area contributed by atoms with E-state index in [4.69, 9.17) is 0 Å². The lowest BCUT2D eigenvalue weighted by molar-refractivity contribution is -0.137. The van der Waals surface area contributed by atoms with Gasteiger partial charge in [0.25, 0.3) is 10.0 Å². The number of hydrogen-bond acceptors (Lipinski definition) is 6. The highest BCUT2D eigenvalue weighted by Crippen LogP contribution is 2.38. The Labute approximate surface area is 208 Å². The van der Waals surface area contributed by atoms with E-state index in [0.717, 1.165) is 18.7 Å². The summed E-state index contributed by atoms with van der Waals surface area (Å²) in [6.45, 7) is 5.78. The number of sulfonamides is 1. The third-order valence-electron chi connectivity index (χ3n) is 5.52. The van der Waals surface area contributed by atoms with Gasteiger partial charge < -0.3 is 10.2 Å². The number of pyridine rings is 2. The molecular weight excluding hydrogens is 503 g/mol. The lowest BCUT2D eigenvalue weighted by Crippen LogP contribution is -2.49. The number of nitrogens with zero attached hydrogens (tertiary/aromatic N) is 3. The van der Waals surface area contributed by atoms with Crippen molar-refractivity contribution in [1.82, 2.24) is 15.3 Å². The molecule has 1 fully saturated rings. The highest BCUT2D eigenvalue weighted by molar-refractivity contribution is 7.92. The zero-order chi connectivity index (χ0) is 24.5.